The van der Waals surface area contributed by atoms with Crippen molar-refractivity contribution in [2.75, 3.05) is 26.9 Å². The van der Waals surface area contributed by atoms with E-state index in [0.717, 1.165) is 23.3 Å². The minimum Gasteiger partial charge on any atom is -0.496 e. The molecule has 2 amide bonds. The number of hydrogen-bond donors (Lipinski definition) is 2. The van der Waals surface area contributed by atoms with Gasteiger partial charge in [0.15, 0.2) is 0 Å². The number of benzene rings is 1. The van der Waals surface area contributed by atoms with Gasteiger partial charge in [0, 0.05) is 25.3 Å². The van der Waals surface area contributed by atoms with Crippen LogP contribution in [-0.2, 0) is 4.74 Å². The van der Waals surface area contributed by atoms with Crippen LogP contribution in [0.15, 0.2) is 18.2 Å². The molecule has 0 spiro atoms. The van der Waals surface area contributed by atoms with Crippen LogP contribution in [0.3, 0.4) is 0 Å². The summed E-state index contributed by atoms with van der Waals surface area (Å²) in [5, 5.41) is 5.74. The number of ether oxygens (including phenoxy) is 2. The van der Waals surface area contributed by atoms with Crippen LogP contribution in [0.25, 0.3) is 0 Å². The third kappa shape index (κ3) is 6.04. The second-order valence-electron chi connectivity index (χ2n) is 4.92. The maximum Gasteiger partial charge on any atom is 0.315 e. The van der Waals surface area contributed by atoms with Crippen LogP contribution in [-0.4, -0.2) is 32.9 Å². The summed E-state index contributed by atoms with van der Waals surface area (Å²) in [4.78, 5) is 11.8. The lowest BCUT2D eigenvalue weighted by Crippen LogP contribution is -2.37. The Labute approximate surface area is 127 Å². The van der Waals surface area contributed by atoms with Crippen molar-refractivity contribution in [3.05, 3.63) is 29.3 Å². The Bertz CT molecular complexity index is 449. The summed E-state index contributed by atoms with van der Waals surface area (Å²) in [5.41, 5.74) is 2.11. The van der Waals surface area contributed by atoms with E-state index in [1.54, 1.807) is 7.11 Å². The summed E-state index contributed by atoms with van der Waals surface area (Å²) >= 11 is 0. The smallest absolute Gasteiger partial charge is 0.315 e. The molecule has 1 rings (SSSR count). The maximum atomic E-state index is 11.8. The molecule has 21 heavy (non-hydrogen) atoms. The second kappa shape index (κ2) is 9.23. The van der Waals surface area contributed by atoms with E-state index in [-0.39, 0.29) is 12.1 Å². The van der Waals surface area contributed by atoms with E-state index in [2.05, 4.69) is 10.6 Å². The number of methoxy groups -OCH3 is 1. The third-order valence-corrected chi connectivity index (χ3v) is 3.15. The Kier molecular flexibility index (Phi) is 7.61. The van der Waals surface area contributed by atoms with Crippen molar-refractivity contribution < 1.29 is 14.3 Å². The van der Waals surface area contributed by atoms with Crippen LogP contribution in [0.2, 0.25) is 0 Å². The molecule has 118 valence electrons. The molecule has 2 N–H and O–H groups in total. The zero-order valence-electron chi connectivity index (χ0n) is 13.4. The zero-order valence-corrected chi connectivity index (χ0v) is 13.4. The number of carbonyl (C=O) groups is 1. The number of urea groups is 1. The van der Waals surface area contributed by atoms with Crippen molar-refractivity contribution in [1.29, 1.82) is 0 Å². The molecule has 0 aliphatic rings. The molecule has 5 heteroatoms. The number of rotatable bonds is 8. The SMILES string of the molecule is CCOCCCNC(=O)NC(C)c1cc(C)ccc1OC. The van der Waals surface area contributed by atoms with Gasteiger partial charge >= 0.3 is 6.03 Å². The lowest BCUT2D eigenvalue weighted by molar-refractivity contribution is 0.145. The molecular formula is C16H26N2O3. The molecule has 0 saturated carbocycles. The minimum atomic E-state index is -0.178. The molecule has 0 saturated heterocycles. The van der Waals surface area contributed by atoms with Crippen LogP contribution in [0.1, 0.15) is 37.4 Å². The maximum absolute atomic E-state index is 11.8. The normalized spacial score (nSPS) is 11.8. The first-order chi connectivity index (χ1) is 10.1. The molecule has 0 heterocycles. The number of amides is 2. The number of aryl methyl sites for hydroxylation is 1. The zero-order chi connectivity index (χ0) is 15.7. The number of carbonyl (C=O) groups excluding carboxylic acids is 1. The standard InChI is InChI=1S/C16H26N2O3/c1-5-21-10-6-9-17-16(19)18-13(3)14-11-12(2)7-8-15(14)20-4/h7-8,11,13H,5-6,9-10H2,1-4H3,(H2,17,18,19). The fraction of sp³-hybridized carbons (Fsp3) is 0.562. The molecule has 0 radical (unpaired) electrons. The Morgan fingerprint density at radius 3 is 2.81 bits per heavy atom. The Balaban J connectivity index is 2.47. The van der Waals surface area contributed by atoms with Gasteiger partial charge in [-0.1, -0.05) is 17.7 Å². The predicted octanol–water partition coefficient (Wildman–Crippen LogP) is 2.79. The summed E-state index contributed by atoms with van der Waals surface area (Å²) < 4.78 is 10.6. The van der Waals surface area contributed by atoms with Gasteiger partial charge in [-0.05, 0) is 33.3 Å². The highest BCUT2D eigenvalue weighted by Gasteiger charge is 2.13. The first-order valence-corrected chi connectivity index (χ1v) is 7.35. The molecule has 0 aliphatic heterocycles. The average Bonchev–Trinajstić information content (AvgIpc) is 2.47. The van der Waals surface area contributed by atoms with E-state index >= 15 is 0 Å². The van der Waals surface area contributed by atoms with Gasteiger partial charge in [0.05, 0.1) is 13.2 Å². The topological polar surface area (TPSA) is 59.6 Å². The van der Waals surface area contributed by atoms with Gasteiger partial charge in [-0.25, -0.2) is 4.79 Å². The van der Waals surface area contributed by atoms with E-state index in [1.165, 1.54) is 0 Å². The molecule has 1 atom stereocenters. The van der Waals surface area contributed by atoms with Crippen LogP contribution in [0.5, 0.6) is 5.75 Å². The van der Waals surface area contributed by atoms with Gasteiger partial charge in [-0.2, -0.15) is 0 Å². The van der Waals surface area contributed by atoms with E-state index < -0.39 is 0 Å². The summed E-state index contributed by atoms with van der Waals surface area (Å²) in [6.45, 7) is 7.88. The predicted molar refractivity (Wildman–Crippen MR) is 83.8 cm³/mol. The van der Waals surface area contributed by atoms with Crippen molar-refractivity contribution in [2.24, 2.45) is 0 Å². The third-order valence-electron chi connectivity index (χ3n) is 3.15. The van der Waals surface area contributed by atoms with E-state index in [1.807, 2.05) is 39.0 Å². The summed E-state index contributed by atoms with van der Waals surface area (Å²) in [7, 11) is 1.63. The second-order valence-corrected chi connectivity index (χ2v) is 4.92. The van der Waals surface area contributed by atoms with Crippen LogP contribution >= 0.6 is 0 Å². The molecular weight excluding hydrogens is 268 g/mol. The largest absolute Gasteiger partial charge is 0.496 e. The molecule has 0 aromatic heterocycles. The molecule has 0 fully saturated rings. The molecule has 0 bridgehead atoms. The van der Waals surface area contributed by atoms with E-state index in [0.29, 0.717) is 19.8 Å². The first kappa shape index (κ1) is 17.3. The van der Waals surface area contributed by atoms with Crippen LogP contribution in [0.4, 0.5) is 4.79 Å². The summed E-state index contributed by atoms with van der Waals surface area (Å²) in [6.07, 6.45) is 0.809. The Morgan fingerprint density at radius 1 is 1.38 bits per heavy atom. The molecule has 1 aromatic carbocycles. The molecule has 0 aliphatic carbocycles. The highest BCUT2D eigenvalue weighted by Crippen LogP contribution is 2.25. The van der Waals surface area contributed by atoms with Gasteiger partial charge in [0.1, 0.15) is 5.75 Å². The highest BCUT2D eigenvalue weighted by atomic mass is 16.5. The molecule has 1 unspecified atom stereocenters. The number of hydrogen-bond acceptors (Lipinski definition) is 3. The van der Waals surface area contributed by atoms with Crippen LogP contribution < -0.4 is 15.4 Å². The monoisotopic (exact) mass is 294 g/mol. The quantitative estimate of drug-likeness (QED) is 0.725. The Morgan fingerprint density at radius 2 is 2.14 bits per heavy atom. The van der Waals surface area contributed by atoms with Gasteiger partial charge < -0.3 is 20.1 Å². The fourth-order valence-corrected chi connectivity index (χ4v) is 2.04. The molecule has 5 nitrogen and oxygen atoms in total. The lowest BCUT2D eigenvalue weighted by Gasteiger charge is -2.18. The van der Waals surface area contributed by atoms with E-state index in [9.17, 15) is 4.79 Å². The highest BCUT2D eigenvalue weighted by molar-refractivity contribution is 5.74. The fourth-order valence-electron chi connectivity index (χ4n) is 2.04. The molecule has 1 aromatic rings. The van der Waals surface area contributed by atoms with Crippen molar-refractivity contribution >= 4 is 6.03 Å². The van der Waals surface area contributed by atoms with Gasteiger partial charge in [-0.3, -0.25) is 0 Å². The summed E-state index contributed by atoms with van der Waals surface area (Å²) in [6, 6.07) is 5.64. The van der Waals surface area contributed by atoms with E-state index in [4.69, 9.17) is 9.47 Å². The van der Waals surface area contributed by atoms with Crippen molar-refractivity contribution in [1.82, 2.24) is 10.6 Å². The Hall–Kier alpha value is -1.75. The van der Waals surface area contributed by atoms with Crippen molar-refractivity contribution in [2.45, 2.75) is 33.2 Å². The van der Waals surface area contributed by atoms with Crippen molar-refractivity contribution in [3.63, 3.8) is 0 Å². The van der Waals surface area contributed by atoms with Crippen molar-refractivity contribution in [3.8, 4) is 5.75 Å². The van der Waals surface area contributed by atoms with Crippen LogP contribution in [0, 0.1) is 6.92 Å². The van der Waals surface area contributed by atoms with Gasteiger partial charge in [0.2, 0.25) is 0 Å². The number of nitrogens with one attached hydrogen (secondary N) is 2. The average molecular weight is 294 g/mol. The van der Waals surface area contributed by atoms with Gasteiger partial charge in [-0.15, -0.1) is 0 Å². The lowest BCUT2D eigenvalue weighted by atomic mass is 10.0. The summed E-state index contributed by atoms with van der Waals surface area (Å²) in [5.74, 6) is 0.782. The van der Waals surface area contributed by atoms with Gasteiger partial charge in [0.25, 0.3) is 0 Å². The minimum absolute atomic E-state index is 0.119. The first-order valence-electron chi connectivity index (χ1n) is 7.35.